The van der Waals surface area contributed by atoms with Gasteiger partial charge in [-0.15, -0.1) is 0 Å². The van der Waals surface area contributed by atoms with Crippen molar-refractivity contribution in [1.82, 2.24) is 10.2 Å². The van der Waals surface area contributed by atoms with Crippen molar-refractivity contribution >= 4 is 27.9 Å². The van der Waals surface area contributed by atoms with E-state index < -0.39 is 0 Å². The number of halogens is 2. The third kappa shape index (κ3) is 6.28. The fourth-order valence-electron chi connectivity index (χ4n) is 3.54. The molecule has 0 aliphatic carbocycles. The lowest BCUT2D eigenvalue weighted by molar-refractivity contribution is -0.127. The number of hydrogen-bond donors (Lipinski definition) is 1. The first kappa shape index (κ1) is 20.7. The van der Waals surface area contributed by atoms with E-state index in [1.807, 2.05) is 48.2 Å². The first-order chi connectivity index (χ1) is 13.5. The number of piperidine rings is 1. The molecule has 1 fully saturated rings. The van der Waals surface area contributed by atoms with Crippen molar-refractivity contribution in [3.63, 3.8) is 0 Å². The van der Waals surface area contributed by atoms with Crippen LogP contribution in [0.2, 0.25) is 0 Å². The van der Waals surface area contributed by atoms with E-state index in [0.717, 1.165) is 53.6 Å². The molecule has 1 N–H and O–H groups in total. The van der Waals surface area contributed by atoms with E-state index >= 15 is 0 Å². The number of nitrogens with one attached hydrogen (secondary N) is 1. The van der Waals surface area contributed by atoms with Gasteiger partial charge in [0, 0.05) is 30.2 Å². The third-order valence-electron chi connectivity index (χ3n) is 5.08. The van der Waals surface area contributed by atoms with Gasteiger partial charge in [0.15, 0.2) is 0 Å². The van der Waals surface area contributed by atoms with Gasteiger partial charge in [0.05, 0.1) is 0 Å². The second-order valence-electron chi connectivity index (χ2n) is 7.42. The van der Waals surface area contributed by atoms with Crippen molar-refractivity contribution in [1.29, 1.82) is 0 Å². The predicted octanol–water partition coefficient (Wildman–Crippen LogP) is 4.94. The molecule has 0 radical (unpaired) electrons. The minimum Gasteiger partial charge on any atom is -0.339 e. The molecule has 5 heteroatoms. The highest BCUT2D eigenvalue weighted by molar-refractivity contribution is 9.10. The molecule has 1 heterocycles. The summed E-state index contributed by atoms with van der Waals surface area (Å²) < 4.78 is 14.5. The molecule has 0 unspecified atom stereocenters. The molecule has 2 aromatic rings. The Morgan fingerprint density at radius 2 is 1.93 bits per heavy atom. The SMILES string of the molecule is Cc1cc(F)cc(CNCC2CCN(C(=O)/C=C/c3ccc(Br)cc3)CC2)c1. The highest BCUT2D eigenvalue weighted by atomic mass is 79.9. The maximum atomic E-state index is 13.4. The molecule has 0 spiro atoms. The van der Waals surface area contributed by atoms with E-state index in [-0.39, 0.29) is 11.7 Å². The summed E-state index contributed by atoms with van der Waals surface area (Å²) in [4.78, 5) is 14.3. The van der Waals surface area contributed by atoms with E-state index in [9.17, 15) is 9.18 Å². The second kappa shape index (κ2) is 9.99. The summed E-state index contributed by atoms with van der Waals surface area (Å²) in [5.41, 5.74) is 2.94. The summed E-state index contributed by atoms with van der Waals surface area (Å²) in [6.45, 7) is 5.05. The number of hydrogen-bond acceptors (Lipinski definition) is 2. The van der Waals surface area contributed by atoms with Crippen LogP contribution in [0.3, 0.4) is 0 Å². The highest BCUT2D eigenvalue weighted by Crippen LogP contribution is 2.18. The maximum Gasteiger partial charge on any atom is 0.246 e. The van der Waals surface area contributed by atoms with Crippen LogP contribution in [0.25, 0.3) is 6.08 Å². The average molecular weight is 445 g/mol. The van der Waals surface area contributed by atoms with Crippen LogP contribution in [0, 0.1) is 18.7 Å². The van der Waals surface area contributed by atoms with Gasteiger partial charge in [-0.3, -0.25) is 4.79 Å². The molecule has 28 heavy (non-hydrogen) atoms. The summed E-state index contributed by atoms with van der Waals surface area (Å²) in [6, 6.07) is 13.0. The summed E-state index contributed by atoms with van der Waals surface area (Å²) in [5.74, 6) is 0.443. The number of carbonyl (C=O) groups excluding carboxylic acids is 1. The fraction of sp³-hybridized carbons (Fsp3) is 0.348. The summed E-state index contributed by atoms with van der Waals surface area (Å²) in [6.07, 6.45) is 5.51. The normalized spacial score (nSPS) is 15.3. The van der Waals surface area contributed by atoms with Gasteiger partial charge < -0.3 is 10.2 Å². The quantitative estimate of drug-likeness (QED) is 0.639. The monoisotopic (exact) mass is 444 g/mol. The van der Waals surface area contributed by atoms with Gasteiger partial charge in [-0.1, -0.05) is 34.1 Å². The number of aryl methyl sites for hydroxylation is 1. The highest BCUT2D eigenvalue weighted by Gasteiger charge is 2.21. The third-order valence-corrected chi connectivity index (χ3v) is 5.61. The average Bonchev–Trinajstić information content (AvgIpc) is 2.67. The number of nitrogens with zero attached hydrogens (tertiary/aromatic N) is 1. The van der Waals surface area contributed by atoms with E-state index in [2.05, 4.69) is 21.2 Å². The van der Waals surface area contributed by atoms with Crippen molar-refractivity contribution < 1.29 is 9.18 Å². The molecule has 0 saturated carbocycles. The topological polar surface area (TPSA) is 32.3 Å². The van der Waals surface area contributed by atoms with Crippen molar-refractivity contribution in [2.45, 2.75) is 26.3 Å². The van der Waals surface area contributed by atoms with Crippen molar-refractivity contribution in [2.24, 2.45) is 5.92 Å². The molecule has 3 rings (SSSR count). The lowest BCUT2D eigenvalue weighted by atomic mass is 9.96. The minimum absolute atomic E-state index is 0.0737. The van der Waals surface area contributed by atoms with Crippen LogP contribution in [0.5, 0.6) is 0 Å². The van der Waals surface area contributed by atoms with E-state index in [1.165, 1.54) is 0 Å². The molecule has 0 atom stereocenters. The Bertz CT molecular complexity index is 807. The van der Waals surface area contributed by atoms with Gasteiger partial charge in [0.25, 0.3) is 0 Å². The van der Waals surface area contributed by atoms with E-state index in [1.54, 1.807) is 18.2 Å². The van der Waals surface area contributed by atoms with Crippen LogP contribution < -0.4 is 5.32 Å². The van der Waals surface area contributed by atoms with Crippen molar-refractivity contribution in [2.75, 3.05) is 19.6 Å². The van der Waals surface area contributed by atoms with Crippen LogP contribution in [0.15, 0.2) is 53.0 Å². The maximum absolute atomic E-state index is 13.4. The molecule has 1 amide bonds. The molecule has 2 aromatic carbocycles. The smallest absolute Gasteiger partial charge is 0.246 e. The van der Waals surface area contributed by atoms with Crippen molar-refractivity contribution in [3.05, 3.63) is 75.5 Å². The number of likely N-dealkylation sites (tertiary alicyclic amines) is 1. The Labute approximate surface area is 174 Å². The van der Waals surface area contributed by atoms with Gasteiger partial charge in [-0.05, 0) is 79.3 Å². The zero-order valence-corrected chi connectivity index (χ0v) is 17.7. The lowest BCUT2D eigenvalue weighted by Crippen LogP contribution is -2.40. The lowest BCUT2D eigenvalue weighted by Gasteiger charge is -2.31. The molecular weight excluding hydrogens is 419 g/mol. The first-order valence-electron chi connectivity index (χ1n) is 9.69. The van der Waals surface area contributed by atoms with Crippen LogP contribution in [0.4, 0.5) is 4.39 Å². The zero-order valence-electron chi connectivity index (χ0n) is 16.1. The van der Waals surface area contributed by atoms with Crippen LogP contribution >= 0.6 is 15.9 Å². The Morgan fingerprint density at radius 3 is 2.61 bits per heavy atom. The number of rotatable bonds is 6. The molecular formula is C23H26BrFN2O. The van der Waals surface area contributed by atoms with Gasteiger partial charge in [-0.2, -0.15) is 0 Å². The van der Waals surface area contributed by atoms with Crippen molar-refractivity contribution in [3.8, 4) is 0 Å². The Morgan fingerprint density at radius 1 is 1.21 bits per heavy atom. The molecule has 0 aromatic heterocycles. The molecule has 0 bridgehead atoms. The van der Waals surface area contributed by atoms with Crippen LogP contribution in [-0.4, -0.2) is 30.4 Å². The first-order valence-corrected chi connectivity index (χ1v) is 10.5. The summed E-state index contributed by atoms with van der Waals surface area (Å²) in [5, 5.41) is 3.43. The standard InChI is InChI=1S/C23H26BrFN2O/c1-17-12-20(14-22(25)13-17)16-26-15-19-8-10-27(11-9-19)23(28)7-4-18-2-5-21(24)6-3-18/h2-7,12-14,19,26H,8-11,15-16H2,1H3/b7-4+. The Balaban J connectivity index is 1.40. The predicted molar refractivity (Wildman–Crippen MR) is 115 cm³/mol. The van der Waals surface area contributed by atoms with E-state index in [4.69, 9.17) is 0 Å². The van der Waals surface area contributed by atoms with Crippen LogP contribution in [0.1, 0.15) is 29.5 Å². The van der Waals surface area contributed by atoms with Gasteiger partial charge in [0.2, 0.25) is 5.91 Å². The number of benzene rings is 2. The second-order valence-corrected chi connectivity index (χ2v) is 8.34. The molecule has 3 nitrogen and oxygen atoms in total. The summed E-state index contributed by atoms with van der Waals surface area (Å²) in [7, 11) is 0. The number of carbonyl (C=O) groups is 1. The largest absolute Gasteiger partial charge is 0.339 e. The zero-order chi connectivity index (χ0) is 19.9. The van der Waals surface area contributed by atoms with Crippen LogP contribution in [-0.2, 0) is 11.3 Å². The van der Waals surface area contributed by atoms with E-state index in [0.29, 0.717) is 12.5 Å². The Kier molecular flexibility index (Phi) is 7.40. The Hall–Kier alpha value is -1.98. The molecule has 1 aliphatic heterocycles. The molecule has 148 valence electrons. The molecule has 1 saturated heterocycles. The van der Waals surface area contributed by atoms with Gasteiger partial charge >= 0.3 is 0 Å². The minimum atomic E-state index is -0.181. The summed E-state index contributed by atoms with van der Waals surface area (Å²) >= 11 is 3.41. The fourth-order valence-corrected chi connectivity index (χ4v) is 3.80. The molecule has 1 aliphatic rings. The van der Waals surface area contributed by atoms with Gasteiger partial charge in [-0.25, -0.2) is 4.39 Å². The van der Waals surface area contributed by atoms with Gasteiger partial charge in [0.1, 0.15) is 5.82 Å². The number of amides is 1.